The molecule has 0 radical (unpaired) electrons. The number of rotatable bonds is 4. The van der Waals surface area contributed by atoms with Gasteiger partial charge in [0, 0.05) is 32.2 Å². The summed E-state index contributed by atoms with van der Waals surface area (Å²) in [4.78, 5) is 22.0. The van der Waals surface area contributed by atoms with E-state index in [4.69, 9.17) is 0 Å². The molecule has 0 saturated carbocycles. The number of fused-ring (bicyclic) bond motifs is 1. The molecule has 2 atom stereocenters. The van der Waals surface area contributed by atoms with Crippen molar-refractivity contribution < 1.29 is 8.78 Å². The van der Waals surface area contributed by atoms with Gasteiger partial charge in [-0.1, -0.05) is 24.3 Å². The Balaban J connectivity index is 1.61. The van der Waals surface area contributed by atoms with E-state index in [0.717, 1.165) is 11.1 Å². The second-order valence-corrected chi connectivity index (χ2v) is 9.93. The molecule has 0 N–H and O–H groups in total. The number of benzene rings is 2. The third-order valence-electron chi connectivity index (χ3n) is 7.47. The Morgan fingerprint density at radius 1 is 0.872 bits per heavy atom. The van der Waals surface area contributed by atoms with E-state index in [0.29, 0.717) is 29.8 Å². The van der Waals surface area contributed by atoms with E-state index in [1.807, 2.05) is 24.8 Å². The van der Waals surface area contributed by atoms with Crippen LogP contribution in [0.1, 0.15) is 42.3 Å². The minimum absolute atomic E-state index is 0.0197. The predicted octanol–water partition coefficient (Wildman–Crippen LogP) is 4.64. The van der Waals surface area contributed by atoms with Gasteiger partial charge in [0.25, 0.3) is 5.56 Å². The number of hydrogen-bond donors (Lipinski definition) is 0. The van der Waals surface area contributed by atoms with Gasteiger partial charge in [0.2, 0.25) is 0 Å². The molecule has 1 aliphatic rings. The van der Waals surface area contributed by atoms with Crippen LogP contribution in [0, 0.1) is 34.3 Å². The number of nitrogens with zero attached hydrogens (tertiary/aromatic N) is 6. The monoisotopic (exact) mass is 524 g/mol. The summed E-state index contributed by atoms with van der Waals surface area (Å²) < 4.78 is 29.0. The van der Waals surface area contributed by atoms with Crippen LogP contribution in [0.4, 0.5) is 14.5 Å². The van der Waals surface area contributed by atoms with Crippen LogP contribution in [0.5, 0.6) is 0 Å². The Morgan fingerprint density at radius 2 is 1.46 bits per heavy atom. The number of nitriles is 2. The first-order chi connectivity index (χ1) is 18.7. The molecule has 1 fully saturated rings. The summed E-state index contributed by atoms with van der Waals surface area (Å²) in [6.07, 6.45) is 0. The second-order valence-electron chi connectivity index (χ2n) is 9.93. The number of piperazine rings is 1. The van der Waals surface area contributed by atoms with E-state index >= 15 is 0 Å². The van der Waals surface area contributed by atoms with Crippen LogP contribution < -0.4 is 10.5 Å². The van der Waals surface area contributed by atoms with Crippen molar-refractivity contribution in [3.63, 3.8) is 0 Å². The average molecular weight is 525 g/mol. The molecule has 196 valence electrons. The van der Waals surface area contributed by atoms with Gasteiger partial charge in [0.15, 0.2) is 0 Å². The molecule has 0 amide bonds. The van der Waals surface area contributed by atoms with Crippen LogP contribution in [-0.2, 0) is 7.05 Å². The zero-order valence-corrected chi connectivity index (χ0v) is 21.8. The largest absolute Gasteiger partial charge is 0.363 e. The Labute approximate surface area is 224 Å². The third-order valence-corrected chi connectivity index (χ3v) is 7.47. The first kappa shape index (κ1) is 26.0. The summed E-state index contributed by atoms with van der Waals surface area (Å²) in [5, 5.41) is 19.5. The number of anilines is 1. The lowest BCUT2D eigenvalue weighted by molar-refractivity contribution is 0.130. The molecule has 0 spiro atoms. The summed E-state index contributed by atoms with van der Waals surface area (Å²) in [7, 11) is 1.59. The number of aromatic nitrogens is 2. The van der Waals surface area contributed by atoms with Crippen molar-refractivity contribution in [2.75, 3.05) is 18.0 Å². The van der Waals surface area contributed by atoms with Crippen LogP contribution in [0.15, 0.2) is 65.5 Å². The zero-order valence-electron chi connectivity index (χ0n) is 21.8. The van der Waals surface area contributed by atoms with E-state index in [-0.39, 0.29) is 41.0 Å². The maximum atomic E-state index is 13.8. The van der Waals surface area contributed by atoms with Crippen LogP contribution in [0.25, 0.3) is 11.0 Å². The van der Waals surface area contributed by atoms with Gasteiger partial charge in [-0.05, 0) is 61.4 Å². The Bertz CT molecular complexity index is 1640. The molecule has 1 saturated heterocycles. The maximum Gasteiger partial charge on any atom is 0.270 e. The predicted molar refractivity (Wildman–Crippen MR) is 144 cm³/mol. The van der Waals surface area contributed by atoms with Crippen molar-refractivity contribution in [1.29, 1.82) is 10.5 Å². The van der Waals surface area contributed by atoms with Crippen molar-refractivity contribution in [1.82, 2.24) is 14.5 Å². The molecule has 2 aromatic carbocycles. The highest BCUT2D eigenvalue weighted by Crippen LogP contribution is 2.37. The van der Waals surface area contributed by atoms with E-state index in [1.54, 1.807) is 43.4 Å². The lowest BCUT2D eigenvalue weighted by Gasteiger charge is -2.48. The minimum Gasteiger partial charge on any atom is -0.363 e. The molecule has 3 heterocycles. The Hall–Kier alpha value is -4.60. The van der Waals surface area contributed by atoms with Gasteiger partial charge >= 0.3 is 0 Å². The van der Waals surface area contributed by atoms with Crippen molar-refractivity contribution in [3.8, 4) is 12.1 Å². The molecule has 2 aromatic heterocycles. The molecule has 5 rings (SSSR count). The number of aryl methyl sites for hydroxylation is 1. The van der Waals surface area contributed by atoms with Gasteiger partial charge < -0.3 is 9.47 Å². The SMILES string of the molecule is CC1CN(c2c(C#N)c(=O)n(C)c3ccc(C#N)nc23)[C@@H](C)CN1C(c1ccc(F)cc1)c1ccc(F)cc1. The highest BCUT2D eigenvalue weighted by Gasteiger charge is 2.37. The summed E-state index contributed by atoms with van der Waals surface area (Å²) in [6, 6.07) is 19.4. The first-order valence-electron chi connectivity index (χ1n) is 12.6. The average Bonchev–Trinajstić information content (AvgIpc) is 2.94. The molecule has 1 aliphatic heterocycles. The Morgan fingerprint density at radius 3 is 2.00 bits per heavy atom. The fourth-order valence-corrected chi connectivity index (χ4v) is 5.53. The quantitative estimate of drug-likeness (QED) is 0.386. The number of halogens is 2. The summed E-state index contributed by atoms with van der Waals surface area (Å²) in [6.45, 7) is 5.03. The van der Waals surface area contributed by atoms with E-state index in [9.17, 15) is 24.1 Å². The molecule has 0 aliphatic carbocycles. The number of hydrogen-bond acceptors (Lipinski definition) is 6. The van der Waals surface area contributed by atoms with E-state index in [1.165, 1.54) is 28.8 Å². The highest BCUT2D eigenvalue weighted by atomic mass is 19.1. The van der Waals surface area contributed by atoms with Gasteiger partial charge in [-0.15, -0.1) is 0 Å². The van der Waals surface area contributed by atoms with Crippen LogP contribution in [0.2, 0.25) is 0 Å². The molecule has 9 heteroatoms. The molecule has 0 bridgehead atoms. The van der Waals surface area contributed by atoms with Gasteiger partial charge in [-0.3, -0.25) is 9.69 Å². The Kier molecular flexibility index (Phi) is 6.86. The third kappa shape index (κ3) is 4.62. The molecule has 4 aromatic rings. The molecule has 7 nitrogen and oxygen atoms in total. The summed E-state index contributed by atoms with van der Waals surface area (Å²) in [5.74, 6) is -0.678. The normalized spacial score (nSPS) is 17.8. The molecular weight excluding hydrogens is 498 g/mol. The van der Waals surface area contributed by atoms with Gasteiger partial charge in [0.1, 0.15) is 40.5 Å². The molecule has 1 unspecified atom stereocenters. The lowest BCUT2D eigenvalue weighted by Crippen LogP contribution is -2.58. The van der Waals surface area contributed by atoms with Gasteiger partial charge in [-0.25, -0.2) is 13.8 Å². The van der Waals surface area contributed by atoms with Crippen molar-refractivity contribution in [2.45, 2.75) is 32.0 Å². The number of pyridine rings is 2. The summed E-state index contributed by atoms with van der Waals surface area (Å²) in [5.41, 5.74) is 2.86. The second kappa shape index (κ2) is 10.3. The fraction of sp³-hybridized carbons (Fsp3) is 0.267. The lowest BCUT2D eigenvalue weighted by atomic mass is 9.93. The van der Waals surface area contributed by atoms with E-state index in [2.05, 4.69) is 16.0 Å². The summed E-state index contributed by atoms with van der Waals surface area (Å²) >= 11 is 0. The van der Waals surface area contributed by atoms with Gasteiger partial charge in [0.05, 0.1) is 17.2 Å². The maximum absolute atomic E-state index is 13.8. The van der Waals surface area contributed by atoms with Gasteiger partial charge in [-0.2, -0.15) is 10.5 Å². The minimum atomic E-state index is -0.427. The van der Waals surface area contributed by atoms with E-state index < -0.39 is 5.56 Å². The smallest absolute Gasteiger partial charge is 0.270 e. The standard InChI is InChI=1S/C30H26F2N6O/c1-18-17-38(29-25(15-34)30(39)36(3)26-13-12-24(14-33)35-27(26)29)19(2)16-37(18)28(20-4-8-22(31)9-5-20)21-6-10-23(32)11-7-21/h4-13,18-19,28H,16-17H2,1-3H3/t18?,19-/m0/s1. The van der Waals surface area contributed by atoms with Crippen LogP contribution >= 0.6 is 0 Å². The van der Waals surface area contributed by atoms with Crippen molar-refractivity contribution >= 4 is 16.7 Å². The first-order valence-corrected chi connectivity index (χ1v) is 12.6. The zero-order chi connectivity index (χ0) is 27.8. The van der Waals surface area contributed by atoms with Crippen molar-refractivity contribution in [3.05, 3.63) is 105 Å². The molecule has 39 heavy (non-hydrogen) atoms. The topological polar surface area (TPSA) is 88.9 Å². The van der Waals surface area contributed by atoms with Crippen molar-refractivity contribution in [2.24, 2.45) is 7.05 Å². The fourth-order valence-electron chi connectivity index (χ4n) is 5.53. The van der Waals surface area contributed by atoms with Crippen LogP contribution in [-0.4, -0.2) is 39.6 Å². The van der Waals surface area contributed by atoms with Crippen LogP contribution in [0.3, 0.4) is 0 Å². The molecular formula is C30H26F2N6O. The highest BCUT2D eigenvalue weighted by molar-refractivity contribution is 5.92.